The Morgan fingerprint density at radius 2 is 2.36 bits per heavy atom. The summed E-state index contributed by atoms with van der Waals surface area (Å²) in [7, 11) is 0. The number of dihydropyridines is 1. The minimum absolute atomic E-state index is 0.754. The van der Waals surface area contributed by atoms with Gasteiger partial charge >= 0.3 is 0 Å². The molecule has 0 bridgehead atoms. The molecule has 1 aliphatic rings. The third-order valence-corrected chi connectivity index (χ3v) is 1.99. The van der Waals surface area contributed by atoms with E-state index in [2.05, 4.69) is 30.1 Å². The zero-order valence-electron chi connectivity index (χ0n) is 6.87. The summed E-state index contributed by atoms with van der Waals surface area (Å²) in [5.41, 5.74) is 3.86. The lowest BCUT2D eigenvalue weighted by Crippen LogP contribution is -2.24. The third-order valence-electron chi connectivity index (χ3n) is 1.85. The molecule has 62 valence electrons. The van der Waals surface area contributed by atoms with Crippen molar-refractivity contribution < 1.29 is 0 Å². The van der Waals surface area contributed by atoms with Crippen LogP contribution < -0.4 is 10.2 Å². The molecule has 0 aromatic heterocycles. The van der Waals surface area contributed by atoms with Gasteiger partial charge in [0.05, 0.1) is 0 Å². The number of hydrogen-bond donors (Lipinski definition) is 2. The van der Waals surface area contributed by atoms with E-state index < -0.39 is 0 Å². The predicted molar refractivity (Wildman–Crippen MR) is 48.3 cm³/mol. The fourth-order valence-electron chi connectivity index (χ4n) is 1.15. The van der Waals surface area contributed by atoms with Crippen LogP contribution in [0.2, 0.25) is 0 Å². The van der Waals surface area contributed by atoms with Crippen molar-refractivity contribution in [2.45, 2.75) is 13.8 Å². The third kappa shape index (κ3) is 2.24. The van der Waals surface area contributed by atoms with Crippen molar-refractivity contribution in [2.75, 3.05) is 13.1 Å². The van der Waals surface area contributed by atoms with Crippen LogP contribution in [0, 0.1) is 0 Å². The zero-order chi connectivity index (χ0) is 8.27. The summed E-state index contributed by atoms with van der Waals surface area (Å²) in [6.07, 6.45) is 2.13. The quantitative estimate of drug-likeness (QED) is 0.618. The molecular weight excluding hydrogens is 160 g/mol. The Hall–Kier alpha value is -0.470. The van der Waals surface area contributed by atoms with Crippen LogP contribution >= 0.6 is 11.8 Å². The molecule has 2 nitrogen and oxygen atoms in total. The molecule has 1 aliphatic heterocycles. The van der Waals surface area contributed by atoms with E-state index in [1.165, 1.54) is 16.8 Å². The molecule has 0 radical (unpaired) electrons. The molecule has 0 atom stereocenters. The van der Waals surface area contributed by atoms with Crippen molar-refractivity contribution in [1.29, 1.82) is 0 Å². The molecule has 0 aromatic carbocycles. The lowest BCUT2D eigenvalue weighted by Gasteiger charge is -2.17. The second kappa shape index (κ2) is 3.79. The van der Waals surface area contributed by atoms with E-state index in [9.17, 15) is 0 Å². The fourth-order valence-corrected chi connectivity index (χ4v) is 1.31. The summed E-state index contributed by atoms with van der Waals surface area (Å²) in [6, 6.07) is 0. The van der Waals surface area contributed by atoms with Crippen LogP contribution in [0.25, 0.3) is 0 Å². The van der Waals surface area contributed by atoms with Gasteiger partial charge in [-0.25, -0.2) is 4.84 Å². The number of hydrogen-bond acceptors (Lipinski definition) is 2. The number of halogens is 1. The second-order valence-electron chi connectivity index (χ2n) is 2.78. The van der Waals surface area contributed by atoms with Crippen molar-refractivity contribution in [3.63, 3.8) is 0 Å². The minimum Gasteiger partial charge on any atom is -0.385 e. The van der Waals surface area contributed by atoms with E-state index in [0.717, 1.165) is 13.1 Å². The average molecular weight is 173 g/mol. The molecule has 0 saturated carbocycles. The highest BCUT2D eigenvalue weighted by Gasteiger charge is 2.05. The monoisotopic (exact) mass is 172 g/mol. The van der Waals surface area contributed by atoms with E-state index in [1.54, 1.807) is 0 Å². The number of nitrogens with one attached hydrogen (secondary N) is 2. The summed E-state index contributed by atoms with van der Waals surface area (Å²) in [6.45, 7) is 5.83. The van der Waals surface area contributed by atoms with E-state index in [4.69, 9.17) is 11.8 Å². The first kappa shape index (κ1) is 8.62. The molecule has 2 N–H and O–H groups in total. The van der Waals surface area contributed by atoms with Crippen LogP contribution in [0.4, 0.5) is 0 Å². The largest absolute Gasteiger partial charge is 0.385 e. The highest BCUT2D eigenvalue weighted by atomic mass is 35.5. The van der Waals surface area contributed by atoms with Gasteiger partial charge in [0.25, 0.3) is 0 Å². The molecule has 11 heavy (non-hydrogen) atoms. The molecule has 0 unspecified atom stereocenters. The van der Waals surface area contributed by atoms with Gasteiger partial charge in [-0.1, -0.05) is 0 Å². The van der Waals surface area contributed by atoms with Gasteiger partial charge < -0.3 is 5.32 Å². The van der Waals surface area contributed by atoms with Crippen LogP contribution in [0.15, 0.2) is 22.9 Å². The van der Waals surface area contributed by atoms with Crippen molar-refractivity contribution in [3.8, 4) is 0 Å². The van der Waals surface area contributed by atoms with E-state index >= 15 is 0 Å². The summed E-state index contributed by atoms with van der Waals surface area (Å²) in [5.74, 6) is 0. The number of allylic oxidation sites excluding steroid dienone is 3. The Kier molecular flexibility index (Phi) is 2.97. The Bertz CT molecular complexity index is 202. The molecule has 1 heterocycles. The van der Waals surface area contributed by atoms with Crippen LogP contribution in [0.3, 0.4) is 0 Å². The van der Waals surface area contributed by atoms with Crippen molar-refractivity contribution in [2.24, 2.45) is 0 Å². The molecule has 1 rings (SSSR count). The summed E-state index contributed by atoms with van der Waals surface area (Å²) in [5, 5.41) is 3.25. The predicted octanol–water partition coefficient (Wildman–Crippen LogP) is 1.55. The fraction of sp³-hybridized carbons (Fsp3) is 0.500. The standard InChI is InChI=1S/C8H13ClN2/c1-6-3-7(2)10-4-8(6)5-11-9/h3,10-11H,4-5H2,1-2H3. The zero-order valence-corrected chi connectivity index (χ0v) is 7.63. The highest BCUT2D eigenvalue weighted by Crippen LogP contribution is 2.11. The molecule has 0 aromatic rings. The summed E-state index contributed by atoms with van der Waals surface area (Å²) in [4.78, 5) is 2.63. The van der Waals surface area contributed by atoms with Gasteiger partial charge in [0.1, 0.15) is 0 Å². The van der Waals surface area contributed by atoms with Gasteiger partial charge in [0.2, 0.25) is 0 Å². The summed E-state index contributed by atoms with van der Waals surface area (Å²) < 4.78 is 0. The topological polar surface area (TPSA) is 24.1 Å². The van der Waals surface area contributed by atoms with Gasteiger partial charge in [0.15, 0.2) is 0 Å². The maximum atomic E-state index is 5.40. The SMILES string of the molecule is CC1=CC(C)=C(CNCl)CN1. The Balaban J connectivity index is 2.69. The molecule has 0 saturated heterocycles. The van der Waals surface area contributed by atoms with Crippen LogP contribution in [0.1, 0.15) is 13.8 Å². The first-order valence-corrected chi connectivity index (χ1v) is 4.06. The Morgan fingerprint density at radius 1 is 1.64 bits per heavy atom. The Labute approximate surface area is 72.4 Å². The van der Waals surface area contributed by atoms with Crippen LogP contribution in [-0.4, -0.2) is 13.1 Å². The van der Waals surface area contributed by atoms with E-state index in [1.807, 2.05) is 0 Å². The summed E-state index contributed by atoms with van der Waals surface area (Å²) >= 11 is 5.40. The van der Waals surface area contributed by atoms with Crippen LogP contribution in [0.5, 0.6) is 0 Å². The van der Waals surface area contributed by atoms with Crippen molar-refractivity contribution in [3.05, 3.63) is 22.9 Å². The lowest BCUT2D eigenvalue weighted by molar-refractivity contribution is 0.806. The molecule has 0 amide bonds. The van der Waals surface area contributed by atoms with Gasteiger partial charge in [-0.15, -0.1) is 0 Å². The minimum atomic E-state index is 0.754. The maximum Gasteiger partial charge on any atom is 0.0375 e. The molecular formula is C8H13ClN2. The van der Waals surface area contributed by atoms with Gasteiger partial charge in [-0.3, -0.25) is 0 Å². The van der Waals surface area contributed by atoms with Gasteiger partial charge in [-0.2, -0.15) is 0 Å². The second-order valence-corrected chi connectivity index (χ2v) is 3.05. The molecule has 0 aliphatic carbocycles. The first-order chi connectivity index (χ1) is 5.24. The maximum absolute atomic E-state index is 5.40. The smallest absolute Gasteiger partial charge is 0.0375 e. The van der Waals surface area contributed by atoms with Gasteiger partial charge in [0, 0.05) is 18.8 Å². The van der Waals surface area contributed by atoms with Crippen LogP contribution in [-0.2, 0) is 0 Å². The lowest BCUT2D eigenvalue weighted by atomic mass is 10.1. The molecule has 0 spiro atoms. The first-order valence-electron chi connectivity index (χ1n) is 3.68. The van der Waals surface area contributed by atoms with E-state index in [0.29, 0.717) is 0 Å². The van der Waals surface area contributed by atoms with E-state index in [-0.39, 0.29) is 0 Å². The average Bonchev–Trinajstić information content (AvgIpc) is 1.95. The van der Waals surface area contributed by atoms with Gasteiger partial charge in [-0.05, 0) is 42.8 Å². The molecule has 0 fully saturated rings. The number of rotatable bonds is 2. The normalized spacial score (nSPS) is 17.9. The molecule has 3 heteroatoms. The highest BCUT2D eigenvalue weighted by molar-refractivity contribution is 6.13. The Morgan fingerprint density at radius 3 is 2.91 bits per heavy atom. The van der Waals surface area contributed by atoms with Crippen molar-refractivity contribution in [1.82, 2.24) is 10.2 Å². The van der Waals surface area contributed by atoms with Crippen molar-refractivity contribution >= 4 is 11.8 Å².